The number of likely N-dealkylation sites (tertiary alicyclic amines) is 1. The van der Waals surface area contributed by atoms with Gasteiger partial charge >= 0.3 is 5.97 Å². The lowest BCUT2D eigenvalue weighted by molar-refractivity contribution is -0.168. The topological polar surface area (TPSA) is 55.8 Å². The maximum atomic E-state index is 14.9. The van der Waals surface area contributed by atoms with Crippen molar-refractivity contribution in [2.24, 2.45) is 17.8 Å². The van der Waals surface area contributed by atoms with Crippen molar-refractivity contribution >= 4 is 23.6 Å². The molecular weight excluding hydrogens is 518 g/mol. The van der Waals surface area contributed by atoms with Crippen molar-refractivity contribution in [1.29, 1.82) is 0 Å². The molecule has 3 atom stereocenters. The second-order valence-corrected chi connectivity index (χ2v) is 15.1. The Labute approximate surface area is 248 Å². The van der Waals surface area contributed by atoms with Crippen LogP contribution in [0.4, 0.5) is 0 Å². The molecule has 40 heavy (non-hydrogen) atoms. The molecule has 1 aromatic carbocycles. The Balaban J connectivity index is 2.92. The molecule has 2 rings (SSSR count). The van der Waals surface area contributed by atoms with Gasteiger partial charge in [-0.15, -0.1) is 11.8 Å². The van der Waals surface area contributed by atoms with Crippen LogP contribution < -0.4 is 4.74 Å². The van der Waals surface area contributed by atoms with Crippen LogP contribution in [0.3, 0.4) is 0 Å². The van der Waals surface area contributed by atoms with Crippen LogP contribution in [0.25, 0.3) is 0 Å². The maximum Gasteiger partial charge on any atom is 0.332 e. The van der Waals surface area contributed by atoms with E-state index in [0.29, 0.717) is 24.2 Å². The fourth-order valence-corrected chi connectivity index (χ4v) is 6.62. The van der Waals surface area contributed by atoms with E-state index in [1.54, 1.807) is 7.11 Å². The average molecular weight is 572 g/mol. The Hall–Kier alpha value is -2.21. The van der Waals surface area contributed by atoms with Crippen molar-refractivity contribution in [2.75, 3.05) is 7.11 Å². The van der Waals surface area contributed by atoms with Gasteiger partial charge in [0, 0.05) is 10.5 Å². The number of rotatable bonds is 9. The molecule has 6 heteroatoms. The molecule has 1 unspecified atom stereocenters. The van der Waals surface area contributed by atoms with Crippen molar-refractivity contribution in [3.8, 4) is 5.75 Å². The summed E-state index contributed by atoms with van der Waals surface area (Å²) >= 11 is 1.53. The van der Waals surface area contributed by atoms with Crippen LogP contribution in [0.5, 0.6) is 5.75 Å². The summed E-state index contributed by atoms with van der Waals surface area (Å²) in [6, 6.07) is 3.57. The van der Waals surface area contributed by atoms with E-state index >= 15 is 0 Å². The van der Waals surface area contributed by atoms with Crippen molar-refractivity contribution in [1.82, 2.24) is 4.90 Å². The molecule has 0 aliphatic carbocycles. The van der Waals surface area contributed by atoms with Crippen LogP contribution in [-0.4, -0.2) is 41.1 Å². The van der Waals surface area contributed by atoms with Crippen molar-refractivity contribution in [2.45, 2.75) is 119 Å². The monoisotopic (exact) mass is 571 g/mol. The highest BCUT2D eigenvalue weighted by atomic mass is 32.2. The molecule has 1 amide bonds. The number of thioether (sulfide) groups is 1. The van der Waals surface area contributed by atoms with Gasteiger partial charge in [0.05, 0.1) is 13.2 Å². The molecular formula is C34H53NO4S. The number of methoxy groups -OCH3 is 1. The number of benzene rings is 1. The van der Waals surface area contributed by atoms with E-state index in [1.165, 1.54) is 11.8 Å². The number of aryl methyl sites for hydroxylation is 1. The Bertz CT molecular complexity index is 1120. The smallest absolute Gasteiger partial charge is 0.332 e. The van der Waals surface area contributed by atoms with Gasteiger partial charge in [-0.05, 0) is 93.2 Å². The molecule has 0 N–H and O–H groups in total. The lowest BCUT2D eigenvalue weighted by atomic mass is 9.80. The minimum absolute atomic E-state index is 0.0384. The summed E-state index contributed by atoms with van der Waals surface area (Å²) in [5.41, 5.74) is 0.462. The van der Waals surface area contributed by atoms with Gasteiger partial charge in [0.2, 0.25) is 0 Å². The molecule has 1 aromatic rings. The highest BCUT2D eigenvalue weighted by Gasteiger charge is 2.60. The van der Waals surface area contributed by atoms with E-state index in [2.05, 4.69) is 61.1 Å². The third-order valence-corrected chi connectivity index (χ3v) is 8.54. The first-order chi connectivity index (χ1) is 18.3. The maximum absolute atomic E-state index is 14.9. The molecule has 0 bridgehead atoms. The first-order valence-corrected chi connectivity index (χ1v) is 15.4. The number of nitrogens with zero attached hydrogens (tertiary/aromatic N) is 1. The Morgan fingerprint density at radius 2 is 1.75 bits per heavy atom. The van der Waals surface area contributed by atoms with Crippen LogP contribution in [0, 0.1) is 24.7 Å². The molecule has 0 aromatic heterocycles. The molecule has 0 saturated carbocycles. The lowest BCUT2D eigenvalue weighted by Crippen LogP contribution is -2.58. The summed E-state index contributed by atoms with van der Waals surface area (Å²) in [6.45, 7) is 29.0. The second kappa shape index (κ2) is 12.8. The zero-order valence-electron chi connectivity index (χ0n) is 27.2. The number of carbonyl (C=O) groups is 2. The molecule has 224 valence electrons. The molecule has 1 aliphatic rings. The van der Waals surface area contributed by atoms with E-state index in [9.17, 15) is 9.59 Å². The van der Waals surface area contributed by atoms with Crippen molar-refractivity contribution in [3.05, 3.63) is 51.8 Å². The quantitative estimate of drug-likeness (QED) is 0.278. The third-order valence-electron chi connectivity index (χ3n) is 7.59. The predicted molar refractivity (Wildman–Crippen MR) is 169 cm³/mol. The zero-order chi connectivity index (χ0) is 30.8. The second-order valence-electron chi connectivity index (χ2n) is 14.0. The number of hydrogen-bond donors (Lipinski definition) is 0. The van der Waals surface area contributed by atoms with Crippen LogP contribution in [0.1, 0.15) is 110 Å². The molecule has 0 radical (unpaired) electrons. The molecule has 5 nitrogen and oxygen atoms in total. The van der Waals surface area contributed by atoms with Gasteiger partial charge in [-0.25, -0.2) is 4.79 Å². The number of hydrogen-bond acceptors (Lipinski definition) is 5. The van der Waals surface area contributed by atoms with Crippen molar-refractivity contribution in [3.63, 3.8) is 0 Å². The standard InChI is InChI=1S/C34H53NO4S/c1-15-16-40-24(7)29-26(22(4)5)20-34(19-21(2)3,31(37)39-33(11,12)13)35(29)30(36)25-18-28(38-14)27(17-23(25)6)32(8,9)10/h15-18,21-22,26,29H,7,19-20H2,1-6,8-14H3/b16-15-/t26?,29-,34-/m0/s1. The molecule has 0 spiro atoms. The summed E-state index contributed by atoms with van der Waals surface area (Å²) in [4.78, 5) is 31.9. The number of amides is 1. The largest absolute Gasteiger partial charge is 0.496 e. The zero-order valence-corrected chi connectivity index (χ0v) is 28.0. The van der Waals surface area contributed by atoms with Gasteiger partial charge < -0.3 is 14.4 Å². The van der Waals surface area contributed by atoms with Gasteiger partial charge in [-0.2, -0.15) is 0 Å². The Morgan fingerprint density at radius 3 is 2.20 bits per heavy atom. The van der Waals surface area contributed by atoms with E-state index in [1.807, 2.05) is 57.1 Å². The summed E-state index contributed by atoms with van der Waals surface area (Å²) in [7, 11) is 1.64. The summed E-state index contributed by atoms with van der Waals surface area (Å²) in [6.07, 6.45) is 3.00. The molecule has 1 saturated heterocycles. The fourth-order valence-electron chi connectivity index (χ4n) is 5.88. The minimum Gasteiger partial charge on any atom is -0.496 e. The lowest BCUT2D eigenvalue weighted by Gasteiger charge is -2.42. The van der Waals surface area contributed by atoms with Gasteiger partial charge in [-0.3, -0.25) is 4.79 Å². The number of carbonyl (C=O) groups excluding carboxylic acids is 2. The average Bonchev–Trinajstić information content (AvgIpc) is 3.16. The molecule has 1 heterocycles. The summed E-state index contributed by atoms with van der Waals surface area (Å²) in [5.74, 6) is 0.569. The third kappa shape index (κ3) is 7.35. The minimum atomic E-state index is -1.13. The number of allylic oxidation sites excluding steroid dienone is 1. The van der Waals surface area contributed by atoms with Crippen LogP contribution in [0.15, 0.2) is 35.1 Å². The van der Waals surface area contributed by atoms with E-state index < -0.39 is 11.1 Å². The first-order valence-electron chi connectivity index (χ1n) is 14.5. The normalized spacial score (nSPS) is 21.9. The van der Waals surface area contributed by atoms with Crippen molar-refractivity contribution < 1.29 is 19.1 Å². The first kappa shape index (κ1) is 34.0. The molecule has 1 fully saturated rings. The Kier molecular flexibility index (Phi) is 10.8. The SMILES string of the molecule is C=C(S/C=C\C)[C@H]1C(C(C)C)C[C@@](CC(C)C)(C(=O)OC(C)(C)C)N1C(=O)c1cc(OC)c(C(C)(C)C)cc1C. The summed E-state index contributed by atoms with van der Waals surface area (Å²) < 4.78 is 11.9. The van der Waals surface area contributed by atoms with Crippen LogP contribution in [0.2, 0.25) is 0 Å². The van der Waals surface area contributed by atoms with Crippen LogP contribution >= 0.6 is 11.8 Å². The predicted octanol–water partition coefficient (Wildman–Crippen LogP) is 8.69. The molecule has 1 aliphatic heterocycles. The van der Waals surface area contributed by atoms with Gasteiger partial charge in [0.25, 0.3) is 5.91 Å². The van der Waals surface area contributed by atoms with Crippen LogP contribution in [-0.2, 0) is 14.9 Å². The number of ether oxygens (including phenoxy) is 2. The summed E-state index contributed by atoms with van der Waals surface area (Å²) in [5, 5.41) is 1.99. The highest BCUT2D eigenvalue weighted by Crippen LogP contribution is 2.51. The number of esters is 1. The van der Waals surface area contributed by atoms with Gasteiger partial charge in [-0.1, -0.05) is 67.2 Å². The van der Waals surface area contributed by atoms with E-state index in [4.69, 9.17) is 9.47 Å². The van der Waals surface area contributed by atoms with E-state index in [0.717, 1.165) is 16.0 Å². The van der Waals surface area contributed by atoms with Gasteiger partial charge in [0.15, 0.2) is 0 Å². The Morgan fingerprint density at radius 1 is 1.15 bits per heavy atom. The fraction of sp³-hybridized carbons (Fsp3) is 0.647. The highest BCUT2D eigenvalue weighted by molar-refractivity contribution is 8.05. The van der Waals surface area contributed by atoms with E-state index in [-0.39, 0.29) is 41.1 Å². The van der Waals surface area contributed by atoms with Gasteiger partial charge in [0.1, 0.15) is 16.9 Å².